The second-order valence-electron chi connectivity index (χ2n) is 5.77. The van der Waals surface area contributed by atoms with E-state index in [0.717, 1.165) is 53.5 Å². The number of aromatic nitrogens is 6. The Morgan fingerprint density at radius 2 is 2.17 bits per heavy atom. The van der Waals surface area contributed by atoms with Crippen molar-refractivity contribution in [1.29, 1.82) is 0 Å². The molecule has 0 radical (unpaired) electrons. The molecule has 7 heteroatoms. The van der Waals surface area contributed by atoms with Gasteiger partial charge in [-0.2, -0.15) is 0 Å². The first-order valence-corrected chi connectivity index (χ1v) is 7.86. The van der Waals surface area contributed by atoms with Crippen molar-refractivity contribution < 1.29 is 4.39 Å². The maximum atomic E-state index is 13.2. The summed E-state index contributed by atoms with van der Waals surface area (Å²) >= 11 is 0. The van der Waals surface area contributed by atoms with Crippen LogP contribution >= 0.6 is 0 Å². The molecular weight excluding hydrogens is 307 g/mol. The van der Waals surface area contributed by atoms with Gasteiger partial charge >= 0.3 is 0 Å². The molecule has 0 unspecified atom stereocenters. The lowest BCUT2D eigenvalue weighted by molar-refractivity contribution is 0.629. The molecule has 0 saturated heterocycles. The van der Waals surface area contributed by atoms with E-state index < -0.39 is 0 Å². The second kappa shape index (κ2) is 5.92. The van der Waals surface area contributed by atoms with Crippen LogP contribution in [0, 0.1) is 12.7 Å². The number of fused-ring (bicyclic) bond motifs is 1. The van der Waals surface area contributed by atoms with Crippen molar-refractivity contribution in [3.8, 4) is 11.5 Å². The lowest BCUT2D eigenvalue weighted by Crippen LogP contribution is -2.02. The van der Waals surface area contributed by atoms with Gasteiger partial charge in [0.05, 0.1) is 17.4 Å². The average molecular weight is 324 g/mol. The van der Waals surface area contributed by atoms with Gasteiger partial charge in [0.2, 0.25) is 0 Å². The van der Waals surface area contributed by atoms with E-state index in [1.165, 1.54) is 12.1 Å². The van der Waals surface area contributed by atoms with E-state index in [1.807, 2.05) is 13.1 Å². The Bertz CT molecular complexity index is 980. The normalized spacial score (nSPS) is 11.4. The number of imidazole rings is 3. The van der Waals surface area contributed by atoms with Gasteiger partial charge < -0.3 is 14.5 Å². The molecule has 1 aromatic carbocycles. The van der Waals surface area contributed by atoms with Crippen molar-refractivity contribution in [2.45, 2.75) is 26.3 Å². The fourth-order valence-electron chi connectivity index (χ4n) is 2.86. The summed E-state index contributed by atoms with van der Waals surface area (Å²) in [6.45, 7) is 2.79. The fourth-order valence-corrected chi connectivity index (χ4v) is 2.86. The summed E-state index contributed by atoms with van der Waals surface area (Å²) in [4.78, 5) is 19.5. The third-order valence-corrected chi connectivity index (χ3v) is 4.06. The monoisotopic (exact) mass is 324 g/mol. The molecule has 0 amide bonds. The molecule has 0 fully saturated rings. The van der Waals surface area contributed by atoms with Crippen LogP contribution in [0.4, 0.5) is 4.39 Å². The predicted octanol–water partition coefficient (Wildman–Crippen LogP) is 3.23. The van der Waals surface area contributed by atoms with Crippen molar-refractivity contribution in [2.24, 2.45) is 0 Å². The average Bonchev–Trinajstić information content (AvgIpc) is 3.26. The molecule has 4 aromatic rings. The first-order valence-electron chi connectivity index (χ1n) is 7.86. The second-order valence-corrected chi connectivity index (χ2v) is 5.77. The van der Waals surface area contributed by atoms with Crippen molar-refractivity contribution in [2.75, 3.05) is 0 Å². The van der Waals surface area contributed by atoms with Gasteiger partial charge in [0.15, 0.2) is 5.82 Å². The van der Waals surface area contributed by atoms with Crippen LogP contribution < -0.4 is 0 Å². The molecule has 0 aliphatic rings. The van der Waals surface area contributed by atoms with Gasteiger partial charge in [-0.25, -0.2) is 19.3 Å². The molecule has 0 aliphatic carbocycles. The third kappa shape index (κ3) is 2.68. The molecule has 4 rings (SSSR count). The number of rotatable bonds is 5. The molecule has 24 heavy (non-hydrogen) atoms. The van der Waals surface area contributed by atoms with Crippen LogP contribution in [0.2, 0.25) is 0 Å². The minimum absolute atomic E-state index is 0.255. The number of nitrogens with zero attached hydrogens (tertiary/aromatic N) is 4. The lowest BCUT2D eigenvalue weighted by Gasteiger charge is -2.06. The highest BCUT2D eigenvalue weighted by Gasteiger charge is 2.11. The van der Waals surface area contributed by atoms with Crippen molar-refractivity contribution in [3.05, 3.63) is 54.3 Å². The number of nitrogens with one attached hydrogen (secondary N) is 2. The summed E-state index contributed by atoms with van der Waals surface area (Å²) in [6.07, 6.45) is 7.10. The van der Waals surface area contributed by atoms with Gasteiger partial charge in [-0.1, -0.05) is 0 Å². The van der Waals surface area contributed by atoms with E-state index >= 15 is 0 Å². The molecule has 2 N–H and O–H groups in total. The quantitative estimate of drug-likeness (QED) is 0.592. The van der Waals surface area contributed by atoms with Gasteiger partial charge in [0.25, 0.3) is 0 Å². The van der Waals surface area contributed by atoms with Crippen LogP contribution in [0.5, 0.6) is 0 Å². The third-order valence-electron chi connectivity index (χ3n) is 4.06. The molecule has 0 saturated carbocycles. The molecule has 3 heterocycles. The highest BCUT2D eigenvalue weighted by molar-refractivity contribution is 5.74. The lowest BCUT2D eigenvalue weighted by atomic mass is 10.3. The zero-order valence-corrected chi connectivity index (χ0v) is 13.3. The Morgan fingerprint density at radius 3 is 3.00 bits per heavy atom. The van der Waals surface area contributed by atoms with Crippen LogP contribution in [0.25, 0.3) is 22.6 Å². The SMILES string of the molecule is Cc1[nH]cnc1-c1nccn1CCCc1nc2ccc(F)cc2[nH]1. The minimum Gasteiger partial charge on any atom is -0.348 e. The Labute approximate surface area is 137 Å². The van der Waals surface area contributed by atoms with Crippen LogP contribution in [0.3, 0.4) is 0 Å². The summed E-state index contributed by atoms with van der Waals surface area (Å²) in [7, 11) is 0. The molecule has 0 atom stereocenters. The van der Waals surface area contributed by atoms with Crippen molar-refractivity contribution in [3.63, 3.8) is 0 Å². The summed E-state index contributed by atoms with van der Waals surface area (Å²) in [5.41, 5.74) is 3.41. The highest BCUT2D eigenvalue weighted by atomic mass is 19.1. The summed E-state index contributed by atoms with van der Waals surface area (Å²) in [6, 6.07) is 4.59. The van der Waals surface area contributed by atoms with E-state index in [1.54, 1.807) is 18.6 Å². The van der Waals surface area contributed by atoms with Gasteiger partial charge in [0.1, 0.15) is 17.3 Å². The van der Waals surface area contributed by atoms with E-state index in [0.29, 0.717) is 0 Å². The summed E-state index contributed by atoms with van der Waals surface area (Å²) in [5.74, 6) is 1.48. The van der Waals surface area contributed by atoms with E-state index in [9.17, 15) is 4.39 Å². The molecule has 3 aromatic heterocycles. The number of halogens is 1. The Balaban J connectivity index is 1.46. The zero-order valence-electron chi connectivity index (χ0n) is 13.3. The fraction of sp³-hybridized carbons (Fsp3) is 0.235. The van der Waals surface area contributed by atoms with Gasteiger partial charge in [-0.3, -0.25) is 0 Å². The standard InChI is InChI=1S/C17H17FN6/c1-11-16(21-10-20-11)17-19-6-8-24(17)7-2-3-15-22-13-5-4-12(18)9-14(13)23-15/h4-6,8-10H,2-3,7H2,1H3,(H,20,21)(H,22,23). The maximum absolute atomic E-state index is 13.2. The van der Waals surface area contributed by atoms with E-state index in [4.69, 9.17) is 0 Å². The molecule has 0 spiro atoms. The Morgan fingerprint density at radius 1 is 1.25 bits per heavy atom. The molecule has 0 bridgehead atoms. The molecule has 0 aliphatic heterocycles. The number of aromatic amines is 2. The zero-order chi connectivity index (χ0) is 16.5. The number of aryl methyl sites for hydroxylation is 3. The number of hydrogen-bond donors (Lipinski definition) is 2. The Hall–Kier alpha value is -2.96. The maximum Gasteiger partial charge on any atom is 0.160 e. The van der Waals surface area contributed by atoms with E-state index in [2.05, 4.69) is 29.5 Å². The van der Waals surface area contributed by atoms with Gasteiger partial charge in [0, 0.05) is 31.1 Å². The van der Waals surface area contributed by atoms with E-state index in [-0.39, 0.29) is 5.82 Å². The predicted molar refractivity (Wildman–Crippen MR) is 88.9 cm³/mol. The van der Waals surface area contributed by atoms with Crippen molar-refractivity contribution in [1.82, 2.24) is 29.5 Å². The highest BCUT2D eigenvalue weighted by Crippen LogP contribution is 2.19. The van der Waals surface area contributed by atoms with Crippen molar-refractivity contribution >= 4 is 11.0 Å². The van der Waals surface area contributed by atoms with Crippen LogP contribution in [-0.2, 0) is 13.0 Å². The summed E-state index contributed by atoms with van der Waals surface area (Å²) in [5, 5.41) is 0. The van der Waals surface area contributed by atoms with Gasteiger partial charge in [-0.05, 0) is 31.5 Å². The number of hydrogen-bond acceptors (Lipinski definition) is 3. The number of H-pyrrole nitrogens is 2. The molecular formula is C17H17FN6. The molecule has 122 valence electrons. The topological polar surface area (TPSA) is 75.2 Å². The van der Waals surface area contributed by atoms with Gasteiger partial charge in [-0.15, -0.1) is 0 Å². The number of benzene rings is 1. The van der Waals surface area contributed by atoms with Crippen LogP contribution in [0.1, 0.15) is 17.9 Å². The first kappa shape index (κ1) is 14.6. The van der Waals surface area contributed by atoms with Crippen LogP contribution in [0.15, 0.2) is 36.9 Å². The largest absolute Gasteiger partial charge is 0.348 e. The summed E-state index contributed by atoms with van der Waals surface area (Å²) < 4.78 is 15.3. The smallest absolute Gasteiger partial charge is 0.160 e. The Kier molecular flexibility index (Phi) is 3.60. The minimum atomic E-state index is -0.255. The first-order chi connectivity index (χ1) is 11.7. The molecule has 6 nitrogen and oxygen atoms in total. The van der Waals surface area contributed by atoms with Crippen LogP contribution in [-0.4, -0.2) is 29.5 Å².